The predicted octanol–water partition coefficient (Wildman–Crippen LogP) is 1.42. The molecule has 0 saturated heterocycles. The van der Waals surface area contributed by atoms with Crippen LogP contribution in [-0.4, -0.2) is 44.3 Å². The fourth-order valence-electron chi connectivity index (χ4n) is 2.98. The summed E-state index contributed by atoms with van der Waals surface area (Å²) in [6.45, 7) is 5.69. The van der Waals surface area contributed by atoms with Crippen LogP contribution < -0.4 is 11.2 Å². The van der Waals surface area contributed by atoms with Gasteiger partial charge in [0.2, 0.25) is 5.95 Å². The molecule has 0 bridgehead atoms. The lowest BCUT2D eigenvalue weighted by Gasteiger charge is -2.21. The largest absolute Gasteiger partial charge is 0.366 e. The average molecular weight is 374 g/mol. The van der Waals surface area contributed by atoms with Crippen molar-refractivity contribution in [1.82, 2.24) is 24.6 Å². The SMILES string of the molecule is CC.[B]c1ccc(-n2nc(N)nc2C(C)N2C(=O)c3ccccc3C2=O)nc1. The lowest BCUT2D eigenvalue weighted by molar-refractivity contribution is 0.0587. The Kier molecular flexibility index (Phi) is 5.26. The monoisotopic (exact) mass is 374 g/mol. The van der Waals surface area contributed by atoms with Gasteiger partial charge >= 0.3 is 0 Å². The van der Waals surface area contributed by atoms with Crippen molar-refractivity contribution in [3.05, 3.63) is 59.5 Å². The van der Waals surface area contributed by atoms with Gasteiger partial charge in [-0.25, -0.2) is 4.98 Å². The molecule has 1 unspecified atom stereocenters. The quantitative estimate of drug-likeness (QED) is 0.549. The summed E-state index contributed by atoms with van der Waals surface area (Å²) in [5.74, 6) is 0.0196. The number of hydrogen-bond donors (Lipinski definition) is 1. The van der Waals surface area contributed by atoms with Gasteiger partial charge in [-0.2, -0.15) is 9.67 Å². The first-order valence-corrected chi connectivity index (χ1v) is 8.88. The van der Waals surface area contributed by atoms with Crippen LogP contribution in [0.3, 0.4) is 0 Å². The molecule has 9 heteroatoms. The van der Waals surface area contributed by atoms with Gasteiger partial charge in [0.15, 0.2) is 11.6 Å². The van der Waals surface area contributed by atoms with Crippen LogP contribution in [0.15, 0.2) is 42.6 Å². The second kappa shape index (κ2) is 7.63. The molecule has 3 heterocycles. The smallest absolute Gasteiger partial charge is 0.262 e. The minimum atomic E-state index is -0.688. The van der Waals surface area contributed by atoms with E-state index in [9.17, 15) is 9.59 Å². The zero-order valence-corrected chi connectivity index (χ0v) is 15.8. The Labute approximate surface area is 163 Å². The lowest BCUT2D eigenvalue weighted by Crippen LogP contribution is -2.34. The third kappa shape index (κ3) is 3.15. The normalized spacial score (nSPS) is 13.8. The number of rotatable bonds is 3. The molecule has 0 aliphatic carbocycles. The van der Waals surface area contributed by atoms with E-state index >= 15 is 0 Å². The molecule has 2 amide bonds. The van der Waals surface area contributed by atoms with E-state index in [1.54, 1.807) is 43.3 Å². The number of benzene rings is 1. The van der Waals surface area contributed by atoms with Crippen molar-refractivity contribution in [2.45, 2.75) is 26.8 Å². The predicted molar refractivity (Wildman–Crippen MR) is 106 cm³/mol. The van der Waals surface area contributed by atoms with Crippen molar-refractivity contribution in [2.75, 3.05) is 5.73 Å². The van der Waals surface area contributed by atoms with E-state index in [4.69, 9.17) is 13.6 Å². The van der Waals surface area contributed by atoms with Crippen LogP contribution in [0.1, 0.15) is 53.4 Å². The number of amides is 2. The number of carbonyl (C=O) groups excluding carboxylic acids is 2. The lowest BCUT2D eigenvalue weighted by atomic mass is 9.99. The van der Waals surface area contributed by atoms with E-state index in [2.05, 4.69) is 15.1 Å². The van der Waals surface area contributed by atoms with Gasteiger partial charge in [0, 0.05) is 6.20 Å². The zero-order valence-electron chi connectivity index (χ0n) is 15.8. The number of hydrogen-bond acceptors (Lipinski definition) is 6. The number of anilines is 1. The Balaban J connectivity index is 0.00000109. The third-order valence-electron chi connectivity index (χ3n) is 4.22. The summed E-state index contributed by atoms with van der Waals surface area (Å²) in [5, 5.41) is 4.13. The average Bonchev–Trinajstić information content (AvgIpc) is 3.22. The van der Waals surface area contributed by atoms with Gasteiger partial charge in [-0.1, -0.05) is 37.5 Å². The van der Waals surface area contributed by atoms with E-state index in [0.717, 1.165) is 4.90 Å². The van der Waals surface area contributed by atoms with Crippen molar-refractivity contribution < 1.29 is 9.59 Å². The molecule has 1 aliphatic rings. The van der Waals surface area contributed by atoms with Gasteiger partial charge < -0.3 is 5.73 Å². The molecule has 140 valence electrons. The minimum Gasteiger partial charge on any atom is -0.366 e. The van der Waals surface area contributed by atoms with Crippen molar-refractivity contribution >= 4 is 31.1 Å². The number of carbonyl (C=O) groups is 2. The summed E-state index contributed by atoms with van der Waals surface area (Å²) in [6, 6.07) is 9.32. The Morgan fingerprint density at radius 2 is 1.64 bits per heavy atom. The van der Waals surface area contributed by atoms with Crippen molar-refractivity contribution in [3.63, 3.8) is 0 Å². The van der Waals surface area contributed by atoms with Crippen LogP contribution in [0.2, 0.25) is 0 Å². The summed E-state index contributed by atoms with van der Waals surface area (Å²) in [4.78, 5) is 35.0. The van der Waals surface area contributed by atoms with E-state index in [-0.39, 0.29) is 17.8 Å². The van der Waals surface area contributed by atoms with Crippen LogP contribution >= 0.6 is 0 Å². The van der Waals surface area contributed by atoms with Crippen LogP contribution in [0.4, 0.5) is 5.95 Å². The van der Waals surface area contributed by atoms with Crippen molar-refractivity contribution in [2.24, 2.45) is 0 Å². The molecular weight excluding hydrogens is 355 g/mol. The number of imide groups is 1. The molecule has 4 rings (SSSR count). The topological polar surface area (TPSA) is 107 Å². The minimum absolute atomic E-state index is 0.0158. The highest BCUT2D eigenvalue weighted by atomic mass is 16.2. The summed E-state index contributed by atoms with van der Waals surface area (Å²) >= 11 is 0. The molecule has 0 spiro atoms. The van der Waals surface area contributed by atoms with Gasteiger partial charge in [0.05, 0.1) is 17.2 Å². The van der Waals surface area contributed by atoms with Crippen molar-refractivity contribution in [3.8, 4) is 5.82 Å². The molecule has 1 aliphatic heterocycles. The number of nitrogen functional groups attached to an aromatic ring is 1. The first kappa shape index (κ1) is 19.3. The highest BCUT2D eigenvalue weighted by molar-refractivity contribution is 6.32. The van der Waals surface area contributed by atoms with E-state index in [1.165, 1.54) is 10.9 Å². The number of nitrogens with zero attached hydrogens (tertiary/aromatic N) is 5. The molecule has 8 nitrogen and oxygen atoms in total. The van der Waals surface area contributed by atoms with Crippen LogP contribution in [0.5, 0.6) is 0 Å². The van der Waals surface area contributed by atoms with E-state index < -0.39 is 6.04 Å². The molecule has 28 heavy (non-hydrogen) atoms. The summed E-state index contributed by atoms with van der Waals surface area (Å²) in [5.41, 5.74) is 6.99. The van der Waals surface area contributed by atoms with Crippen LogP contribution in [0.25, 0.3) is 5.82 Å². The maximum absolute atomic E-state index is 12.7. The summed E-state index contributed by atoms with van der Waals surface area (Å²) in [7, 11) is 5.66. The number of aromatic nitrogens is 4. The Bertz CT molecular complexity index is 996. The summed E-state index contributed by atoms with van der Waals surface area (Å²) in [6.07, 6.45) is 1.48. The van der Waals surface area contributed by atoms with Gasteiger partial charge in [-0.15, -0.1) is 5.10 Å². The molecule has 2 N–H and O–H groups in total. The standard InChI is InChI=1S/C17H13BN6O2.C2H6/c1-9(23-15(25)11-4-2-3-5-12(11)16(23)26)14-21-17(19)22-24(14)13-7-6-10(18)8-20-13;1-2/h2-9H,1H3,(H2,19,22);1-2H3. The second-order valence-electron chi connectivity index (χ2n) is 5.89. The van der Waals surface area contributed by atoms with E-state index in [0.29, 0.717) is 28.2 Å². The fourth-order valence-corrected chi connectivity index (χ4v) is 2.98. The Morgan fingerprint density at radius 1 is 1.04 bits per heavy atom. The number of nitrogens with two attached hydrogens (primary N) is 1. The first-order valence-electron chi connectivity index (χ1n) is 8.88. The molecular formula is C19H19BN6O2. The third-order valence-corrected chi connectivity index (χ3v) is 4.22. The number of pyridine rings is 1. The summed E-state index contributed by atoms with van der Waals surface area (Å²) < 4.78 is 1.41. The van der Waals surface area contributed by atoms with Gasteiger partial charge in [-0.3, -0.25) is 14.5 Å². The molecule has 0 fully saturated rings. The van der Waals surface area contributed by atoms with Crippen LogP contribution in [0, 0.1) is 0 Å². The van der Waals surface area contributed by atoms with Gasteiger partial charge in [0.25, 0.3) is 11.8 Å². The molecule has 3 aromatic rings. The fraction of sp³-hybridized carbons (Fsp3) is 0.211. The molecule has 2 aromatic heterocycles. The molecule has 2 radical (unpaired) electrons. The highest BCUT2D eigenvalue weighted by Gasteiger charge is 2.40. The second-order valence-corrected chi connectivity index (χ2v) is 5.89. The highest BCUT2D eigenvalue weighted by Crippen LogP contribution is 2.31. The molecule has 1 atom stereocenters. The molecule has 1 aromatic carbocycles. The van der Waals surface area contributed by atoms with Gasteiger partial charge in [0.1, 0.15) is 7.85 Å². The number of fused-ring (bicyclic) bond motifs is 1. The maximum Gasteiger partial charge on any atom is 0.262 e. The van der Waals surface area contributed by atoms with Gasteiger partial charge in [-0.05, 0) is 25.1 Å². The van der Waals surface area contributed by atoms with Crippen LogP contribution in [-0.2, 0) is 0 Å². The van der Waals surface area contributed by atoms with Crippen molar-refractivity contribution in [1.29, 1.82) is 0 Å². The Morgan fingerprint density at radius 3 is 2.18 bits per heavy atom. The zero-order chi connectivity index (χ0) is 20.4. The Hall–Kier alpha value is -3.49. The first-order chi connectivity index (χ1) is 13.5. The molecule has 0 saturated carbocycles. The maximum atomic E-state index is 12.7. The van der Waals surface area contributed by atoms with E-state index in [1.807, 2.05) is 13.8 Å².